The average molecular weight is 1200 g/mol. The Morgan fingerprint density at radius 3 is 1.60 bits per heavy atom. The Balaban J connectivity index is 2.63. The molecule has 2 aromatic carbocycles. The van der Waals surface area contributed by atoms with Crippen LogP contribution in [0.15, 0.2) is 54.6 Å². The fourth-order valence-corrected chi connectivity index (χ4v) is 9.15. The number of nitrogens with one attached hydrogen (secondary N) is 7. The SMILES string of the molecule is CC[C@H](C)[C@H](NC(=O)[C@H](Cc1ccccc1)NC(=O)[C@H](C)NC(=O)[C@H](CSC(=O)[C@@H](N)CCSC)NC(=O)[C@@H](NC(=O)[C@H](COC(C)(C)C)NC(=O)[C@H](Cc1ccc(OC(C)(C)C)cc1)NC(=O)OC(C)(C)C)[C@@H](C)OC(C)(C)C)C(=O)O. The van der Waals surface area contributed by atoms with Gasteiger partial charge in [-0.1, -0.05) is 74.5 Å². The molecule has 7 amide bonds. The number of amides is 7. The van der Waals surface area contributed by atoms with E-state index in [2.05, 4.69) is 37.2 Å². The van der Waals surface area contributed by atoms with Crippen LogP contribution in [0.3, 0.4) is 0 Å². The summed E-state index contributed by atoms with van der Waals surface area (Å²) in [6.07, 6.45) is 0.472. The Kier molecular flexibility index (Phi) is 29.5. The number of aliphatic carboxylic acids is 1. The van der Waals surface area contributed by atoms with Gasteiger partial charge in [0, 0.05) is 18.6 Å². The third kappa shape index (κ3) is 28.9. The van der Waals surface area contributed by atoms with Crippen molar-refractivity contribution in [2.75, 3.05) is 24.4 Å². The molecule has 0 fully saturated rings. The minimum atomic E-state index is -1.61. The number of thioether (sulfide) groups is 2. The highest BCUT2D eigenvalue weighted by molar-refractivity contribution is 8.13. The fourth-order valence-electron chi connectivity index (χ4n) is 7.76. The molecular formula is C59H94N8O14S2. The maximum absolute atomic E-state index is 14.8. The summed E-state index contributed by atoms with van der Waals surface area (Å²) in [6.45, 7) is 26.9. The lowest BCUT2D eigenvalue weighted by atomic mass is 9.98. The van der Waals surface area contributed by atoms with Gasteiger partial charge in [-0.15, -0.1) is 0 Å². The van der Waals surface area contributed by atoms with Crippen molar-refractivity contribution in [1.29, 1.82) is 0 Å². The van der Waals surface area contributed by atoms with Crippen molar-refractivity contribution < 1.29 is 67.2 Å². The van der Waals surface area contributed by atoms with Gasteiger partial charge < -0.3 is 67.0 Å². The lowest BCUT2D eigenvalue weighted by molar-refractivity contribution is -0.143. The number of benzene rings is 2. The van der Waals surface area contributed by atoms with Crippen molar-refractivity contribution in [2.24, 2.45) is 11.7 Å². The molecule has 0 aliphatic heterocycles. The van der Waals surface area contributed by atoms with Crippen LogP contribution in [0.25, 0.3) is 0 Å². The van der Waals surface area contributed by atoms with Gasteiger partial charge in [-0.3, -0.25) is 33.6 Å². The summed E-state index contributed by atoms with van der Waals surface area (Å²) in [4.78, 5) is 125. The van der Waals surface area contributed by atoms with Crippen LogP contribution in [0.1, 0.15) is 135 Å². The van der Waals surface area contributed by atoms with Crippen molar-refractivity contribution in [3.63, 3.8) is 0 Å². The first kappa shape index (κ1) is 73.2. The first-order valence-electron chi connectivity index (χ1n) is 27.9. The summed E-state index contributed by atoms with van der Waals surface area (Å²) in [6, 6.07) is 4.75. The lowest BCUT2D eigenvalue weighted by Crippen LogP contribution is -2.63. The van der Waals surface area contributed by atoms with Gasteiger partial charge in [0.2, 0.25) is 40.6 Å². The van der Waals surface area contributed by atoms with Gasteiger partial charge in [-0.25, -0.2) is 9.59 Å². The Morgan fingerprint density at radius 2 is 1.08 bits per heavy atom. The van der Waals surface area contributed by atoms with Crippen molar-refractivity contribution >= 4 is 76.1 Å². The summed E-state index contributed by atoms with van der Waals surface area (Å²) >= 11 is 2.16. The first-order valence-corrected chi connectivity index (χ1v) is 30.3. The topological polar surface area (TPSA) is 321 Å². The zero-order chi connectivity index (χ0) is 63.2. The third-order valence-electron chi connectivity index (χ3n) is 12.1. The molecule has 2 rings (SSSR count). The Morgan fingerprint density at radius 1 is 0.578 bits per heavy atom. The number of carbonyl (C=O) groups excluding carboxylic acids is 8. The number of hydrogen-bond donors (Lipinski definition) is 9. The fraction of sp³-hybridized carbons (Fsp3) is 0.644. The molecule has 0 heterocycles. The Labute approximate surface area is 499 Å². The normalized spacial score (nSPS) is 15.6. The van der Waals surface area contributed by atoms with Crippen LogP contribution < -0.4 is 47.7 Å². The highest BCUT2D eigenvalue weighted by atomic mass is 32.2. The van der Waals surface area contributed by atoms with E-state index in [-0.39, 0.29) is 12.8 Å². The second-order valence-electron chi connectivity index (χ2n) is 24.4. The molecule has 0 radical (unpaired) electrons. The van der Waals surface area contributed by atoms with Crippen LogP contribution >= 0.6 is 23.5 Å². The van der Waals surface area contributed by atoms with Crippen LogP contribution in [0, 0.1) is 5.92 Å². The van der Waals surface area contributed by atoms with Gasteiger partial charge in [0.05, 0.1) is 30.0 Å². The van der Waals surface area contributed by atoms with Crippen LogP contribution in [-0.2, 0) is 65.4 Å². The quantitative estimate of drug-likeness (QED) is 0.0482. The van der Waals surface area contributed by atoms with E-state index in [1.807, 2.05) is 27.0 Å². The number of carboxylic acids is 1. The maximum atomic E-state index is 14.8. The van der Waals surface area contributed by atoms with E-state index in [4.69, 9.17) is 24.7 Å². The van der Waals surface area contributed by atoms with Gasteiger partial charge in [0.1, 0.15) is 59.2 Å². The zero-order valence-corrected chi connectivity index (χ0v) is 53.2. The van der Waals surface area contributed by atoms with Crippen LogP contribution in [-0.4, -0.2) is 159 Å². The molecule has 466 valence electrons. The minimum Gasteiger partial charge on any atom is -0.488 e. The standard InChI is InChI=1S/C59H94N8O14S2/c1-18-34(2)45(53(74)75)66-49(70)41(30-37-22-20-19-21-23-37)62-47(68)35(3)61-51(72)44(33-83-54(76)40(60)28-29-82-17)64-52(73)46(36(4)79-57(8,9)10)67-50(71)43(32-78-56(5,6)7)63-48(69)42(65-55(77)81-59(14,15)16)31-38-24-26-39(27-25-38)80-58(11,12)13/h19-27,34-36,40-46H,18,28-33,60H2,1-17H3,(H,61,72)(H,62,68)(H,63,69)(H,64,73)(H,65,77)(H,66,70)(H,67,71)(H,74,75)/t34-,35-,36+,40-,41-,42-,43-,44-,45-,46-/m0/s1. The molecule has 0 aliphatic rings. The van der Waals surface area contributed by atoms with Gasteiger partial charge >= 0.3 is 12.1 Å². The van der Waals surface area contributed by atoms with E-state index in [0.717, 1.165) is 0 Å². The number of nitrogens with two attached hydrogens (primary N) is 1. The molecule has 0 aliphatic carbocycles. The van der Waals surface area contributed by atoms with Crippen LogP contribution in [0.5, 0.6) is 5.75 Å². The van der Waals surface area contributed by atoms with E-state index in [1.165, 1.54) is 25.6 Å². The largest absolute Gasteiger partial charge is 0.488 e. The van der Waals surface area contributed by atoms with Gasteiger partial charge in [-0.05, 0) is 145 Å². The number of alkyl carbamates (subject to hydrolysis) is 1. The predicted octanol–water partition coefficient (Wildman–Crippen LogP) is 4.96. The molecule has 22 nitrogen and oxygen atoms in total. The van der Waals surface area contributed by atoms with Crippen LogP contribution in [0.4, 0.5) is 4.79 Å². The summed E-state index contributed by atoms with van der Waals surface area (Å²) in [5.41, 5.74) is 4.30. The molecule has 0 unspecified atom stereocenters. The second-order valence-corrected chi connectivity index (χ2v) is 26.4. The molecule has 10 N–H and O–H groups in total. The van der Waals surface area contributed by atoms with Gasteiger partial charge in [0.15, 0.2) is 0 Å². The molecule has 0 saturated heterocycles. The maximum Gasteiger partial charge on any atom is 0.408 e. The molecule has 83 heavy (non-hydrogen) atoms. The molecule has 10 atom stereocenters. The van der Waals surface area contributed by atoms with Gasteiger partial charge in [0.25, 0.3) is 0 Å². The van der Waals surface area contributed by atoms with Gasteiger partial charge in [-0.2, -0.15) is 11.8 Å². The summed E-state index contributed by atoms with van der Waals surface area (Å²) < 4.78 is 23.7. The Bertz CT molecular complexity index is 2460. The summed E-state index contributed by atoms with van der Waals surface area (Å²) in [7, 11) is 0. The van der Waals surface area contributed by atoms with Crippen LogP contribution in [0.2, 0.25) is 0 Å². The number of rotatable bonds is 31. The number of carboxylic acid groups (broad SMARTS) is 1. The summed E-state index contributed by atoms with van der Waals surface area (Å²) in [5, 5.41) is 27.9. The van der Waals surface area contributed by atoms with E-state index in [0.29, 0.717) is 47.2 Å². The highest BCUT2D eigenvalue weighted by Gasteiger charge is 2.38. The lowest BCUT2D eigenvalue weighted by Gasteiger charge is -2.33. The molecule has 0 aromatic heterocycles. The highest BCUT2D eigenvalue weighted by Crippen LogP contribution is 2.21. The predicted molar refractivity (Wildman–Crippen MR) is 323 cm³/mol. The number of carbonyl (C=O) groups is 9. The zero-order valence-electron chi connectivity index (χ0n) is 51.6. The Hall–Kier alpha value is -5.95. The molecule has 0 bridgehead atoms. The second kappa shape index (κ2) is 33.5. The van der Waals surface area contributed by atoms with Crippen molar-refractivity contribution in [3.8, 4) is 5.75 Å². The van der Waals surface area contributed by atoms with Crippen molar-refractivity contribution in [2.45, 2.75) is 213 Å². The smallest absolute Gasteiger partial charge is 0.408 e. The van der Waals surface area contributed by atoms with E-state index >= 15 is 0 Å². The van der Waals surface area contributed by atoms with E-state index in [1.54, 1.807) is 131 Å². The minimum absolute atomic E-state index is 0.0406. The van der Waals surface area contributed by atoms with E-state index < -0.39 is 148 Å². The number of hydrogen-bond acceptors (Lipinski definition) is 16. The third-order valence-corrected chi connectivity index (χ3v) is 13.8. The molecular weight excluding hydrogens is 1110 g/mol. The molecule has 0 saturated carbocycles. The molecule has 0 spiro atoms. The number of ether oxygens (including phenoxy) is 4. The molecule has 24 heteroatoms. The van der Waals surface area contributed by atoms with Crippen molar-refractivity contribution in [1.82, 2.24) is 37.2 Å². The van der Waals surface area contributed by atoms with E-state index in [9.17, 15) is 48.3 Å². The summed E-state index contributed by atoms with van der Waals surface area (Å²) in [5.74, 6) is -6.21. The average Bonchev–Trinajstić information content (AvgIpc) is 3.47. The van der Waals surface area contributed by atoms with Crippen molar-refractivity contribution in [3.05, 3.63) is 65.7 Å². The monoisotopic (exact) mass is 1200 g/mol. The first-order chi connectivity index (χ1) is 38.3. The molecule has 2 aromatic rings.